The smallest absolute Gasteiger partial charge is 0.0361 e. The van der Waals surface area contributed by atoms with Gasteiger partial charge in [0.15, 0.2) is 0 Å². The summed E-state index contributed by atoms with van der Waals surface area (Å²) in [5.41, 5.74) is 1.43. The Morgan fingerprint density at radius 3 is 2.17 bits per heavy atom. The highest BCUT2D eigenvalue weighted by molar-refractivity contribution is 5.14. The molecule has 1 unspecified atom stereocenters. The second kappa shape index (κ2) is 4.66. The van der Waals surface area contributed by atoms with Crippen LogP contribution in [0.4, 0.5) is 0 Å². The lowest BCUT2D eigenvalue weighted by atomic mass is 9.88. The van der Waals surface area contributed by atoms with Gasteiger partial charge in [-0.3, -0.25) is 0 Å². The van der Waals surface area contributed by atoms with Crippen LogP contribution in [0.25, 0.3) is 0 Å². The Morgan fingerprint density at radius 1 is 1.42 bits per heavy atom. The lowest BCUT2D eigenvalue weighted by molar-refractivity contribution is 0.360. The van der Waals surface area contributed by atoms with Crippen molar-refractivity contribution in [3.63, 3.8) is 0 Å². The summed E-state index contributed by atoms with van der Waals surface area (Å²) in [6.07, 6.45) is 2.17. The van der Waals surface area contributed by atoms with E-state index < -0.39 is 0 Å². The average molecular weight is 169 g/mol. The van der Waals surface area contributed by atoms with E-state index in [4.69, 9.17) is 0 Å². The maximum atomic E-state index is 4.11. The summed E-state index contributed by atoms with van der Waals surface area (Å²) in [5, 5.41) is 3.56. The SMILES string of the molecule is C=C(CC)C(C)(CC)NC(C)C. The highest BCUT2D eigenvalue weighted by atomic mass is 15.0. The van der Waals surface area contributed by atoms with Crippen molar-refractivity contribution in [3.8, 4) is 0 Å². The van der Waals surface area contributed by atoms with E-state index in [9.17, 15) is 0 Å². The molecular weight excluding hydrogens is 146 g/mol. The zero-order chi connectivity index (χ0) is 9.78. The quantitative estimate of drug-likeness (QED) is 0.623. The molecule has 1 N–H and O–H groups in total. The Hall–Kier alpha value is -0.300. The average Bonchev–Trinajstić information content (AvgIpc) is 2.01. The molecule has 0 radical (unpaired) electrons. The summed E-state index contributed by atoms with van der Waals surface area (Å²) >= 11 is 0. The van der Waals surface area contributed by atoms with Crippen LogP contribution in [0, 0.1) is 0 Å². The van der Waals surface area contributed by atoms with Crippen LogP contribution in [0.3, 0.4) is 0 Å². The summed E-state index contributed by atoms with van der Waals surface area (Å²) in [7, 11) is 0. The lowest BCUT2D eigenvalue weighted by Crippen LogP contribution is -2.46. The second-order valence-electron chi connectivity index (χ2n) is 3.94. The fourth-order valence-electron chi connectivity index (χ4n) is 1.48. The molecule has 0 saturated heterocycles. The molecular formula is C11H23N. The van der Waals surface area contributed by atoms with E-state index in [2.05, 4.69) is 46.5 Å². The molecule has 0 heterocycles. The van der Waals surface area contributed by atoms with Gasteiger partial charge >= 0.3 is 0 Å². The summed E-state index contributed by atoms with van der Waals surface area (Å²) in [6.45, 7) is 15.1. The van der Waals surface area contributed by atoms with Gasteiger partial charge < -0.3 is 5.32 Å². The number of rotatable bonds is 5. The standard InChI is InChI=1S/C11H23N/c1-7-10(5)11(6,8-2)12-9(3)4/h9,12H,5,7-8H2,1-4,6H3. The Morgan fingerprint density at radius 2 is 1.92 bits per heavy atom. The van der Waals surface area contributed by atoms with E-state index in [0.29, 0.717) is 6.04 Å². The number of hydrogen-bond acceptors (Lipinski definition) is 1. The van der Waals surface area contributed by atoms with Gasteiger partial charge in [0.05, 0.1) is 0 Å². The van der Waals surface area contributed by atoms with Crippen molar-refractivity contribution in [2.45, 2.75) is 59.0 Å². The Bertz CT molecular complexity index is 149. The van der Waals surface area contributed by atoms with Gasteiger partial charge in [-0.15, -0.1) is 0 Å². The Kier molecular flexibility index (Phi) is 4.54. The second-order valence-corrected chi connectivity index (χ2v) is 3.94. The lowest BCUT2D eigenvalue weighted by Gasteiger charge is -2.34. The first-order valence-electron chi connectivity index (χ1n) is 4.92. The van der Waals surface area contributed by atoms with E-state index in [1.165, 1.54) is 5.57 Å². The van der Waals surface area contributed by atoms with Crippen molar-refractivity contribution in [1.82, 2.24) is 5.32 Å². The zero-order valence-electron chi connectivity index (χ0n) is 9.20. The van der Waals surface area contributed by atoms with Crippen LogP contribution in [-0.2, 0) is 0 Å². The van der Waals surface area contributed by atoms with E-state index in [0.717, 1.165) is 12.8 Å². The summed E-state index contributed by atoms with van der Waals surface area (Å²) < 4.78 is 0. The highest BCUT2D eigenvalue weighted by Gasteiger charge is 2.24. The molecule has 12 heavy (non-hydrogen) atoms. The molecule has 0 fully saturated rings. The van der Waals surface area contributed by atoms with Crippen molar-refractivity contribution in [2.75, 3.05) is 0 Å². The minimum absolute atomic E-state index is 0.128. The molecule has 0 aromatic heterocycles. The molecule has 0 amide bonds. The summed E-state index contributed by atoms with van der Waals surface area (Å²) in [6, 6.07) is 0.526. The monoisotopic (exact) mass is 169 g/mol. The van der Waals surface area contributed by atoms with Crippen molar-refractivity contribution in [3.05, 3.63) is 12.2 Å². The van der Waals surface area contributed by atoms with Gasteiger partial charge in [0.1, 0.15) is 0 Å². The highest BCUT2D eigenvalue weighted by Crippen LogP contribution is 2.22. The van der Waals surface area contributed by atoms with Crippen molar-refractivity contribution in [1.29, 1.82) is 0 Å². The zero-order valence-corrected chi connectivity index (χ0v) is 9.20. The largest absolute Gasteiger partial charge is 0.306 e. The minimum atomic E-state index is 0.128. The van der Waals surface area contributed by atoms with Crippen molar-refractivity contribution >= 4 is 0 Å². The van der Waals surface area contributed by atoms with Crippen LogP contribution >= 0.6 is 0 Å². The predicted octanol–water partition coefficient (Wildman–Crippen LogP) is 3.12. The van der Waals surface area contributed by atoms with Crippen molar-refractivity contribution in [2.24, 2.45) is 0 Å². The molecule has 1 atom stereocenters. The summed E-state index contributed by atoms with van der Waals surface area (Å²) in [5.74, 6) is 0. The third kappa shape index (κ3) is 2.98. The van der Waals surface area contributed by atoms with Gasteiger partial charge in [0.25, 0.3) is 0 Å². The van der Waals surface area contributed by atoms with Crippen LogP contribution < -0.4 is 5.32 Å². The van der Waals surface area contributed by atoms with Gasteiger partial charge in [-0.25, -0.2) is 0 Å². The molecule has 0 rings (SSSR count). The minimum Gasteiger partial charge on any atom is -0.306 e. The first-order valence-corrected chi connectivity index (χ1v) is 4.92. The maximum Gasteiger partial charge on any atom is 0.0361 e. The first kappa shape index (κ1) is 11.7. The van der Waals surface area contributed by atoms with E-state index in [1.54, 1.807) is 0 Å². The molecule has 0 aliphatic carbocycles. The normalized spacial score (nSPS) is 16.2. The molecule has 0 saturated carbocycles. The van der Waals surface area contributed by atoms with Crippen LogP contribution in [0.15, 0.2) is 12.2 Å². The molecule has 0 bridgehead atoms. The van der Waals surface area contributed by atoms with E-state index in [-0.39, 0.29) is 5.54 Å². The topological polar surface area (TPSA) is 12.0 Å². The van der Waals surface area contributed by atoms with Gasteiger partial charge in [0.2, 0.25) is 0 Å². The van der Waals surface area contributed by atoms with E-state index >= 15 is 0 Å². The van der Waals surface area contributed by atoms with Crippen LogP contribution in [0.1, 0.15) is 47.5 Å². The molecule has 72 valence electrons. The van der Waals surface area contributed by atoms with Gasteiger partial charge in [0, 0.05) is 11.6 Å². The van der Waals surface area contributed by atoms with E-state index in [1.807, 2.05) is 0 Å². The molecule has 1 heteroatoms. The molecule has 0 spiro atoms. The van der Waals surface area contributed by atoms with Gasteiger partial charge in [-0.2, -0.15) is 0 Å². The molecule has 1 nitrogen and oxygen atoms in total. The van der Waals surface area contributed by atoms with Gasteiger partial charge in [-0.05, 0) is 19.8 Å². The molecule has 0 aliphatic heterocycles. The third-order valence-corrected chi connectivity index (χ3v) is 2.52. The fraction of sp³-hybridized carbons (Fsp3) is 0.818. The molecule has 0 aromatic carbocycles. The van der Waals surface area contributed by atoms with Crippen LogP contribution in [0.5, 0.6) is 0 Å². The number of nitrogens with one attached hydrogen (secondary N) is 1. The Labute approximate surface area is 77.2 Å². The molecule has 0 aromatic rings. The summed E-state index contributed by atoms with van der Waals surface area (Å²) in [4.78, 5) is 0. The van der Waals surface area contributed by atoms with Crippen LogP contribution in [-0.4, -0.2) is 11.6 Å². The first-order chi connectivity index (χ1) is 5.46. The third-order valence-electron chi connectivity index (χ3n) is 2.52. The number of hydrogen-bond donors (Lipinski definition) is 1. The van der Waals surface area contributed by atoms with Gasteiger partial charge in [-0.1, -0.05) is 39.8 Å². The maximum absolute atomic E-state index is 4.11. The predicted molar refractivity (Wildman–Crippen MR) is 56.4 cm³/mol. The fourth-order valence-corrected chi connectivity index (χ4v) is 1.48. The van der Waals surface area contributed by atoms with Crippen molar-refractivity contribution < 1.29 is 0 Å². The Balaban J connectivity index is 4.33. The molecule has 0 aliphatic rings. The van der Waals surface area contributed by atoms with Crippen LogP contribution in [0.2, 0.25) is 0 Å².